The molecule has 7 heteroatoms. The van der Waals surface area contributed by atoms with Crippen LogP contribution in [0, 0.1) is 6.92 Å². The average Bonchev–Trinajstić information content (AvgIpc) is 3.53. The third kappa shape index (κ3) is 3.25. The van der Waals surface area contributed by atoms with Crippen LogP contribution < -0.4 is 5.32 Å². The Labute approximate surface area is 191 Å². The molecule has 1 N–H and O–H groups in total. The number of pyridine rings is 1. The van der Waals surface area contributed by atoms with Crippen LogP contribution in [0.1, 0.15) is 17.0 Å². The molecule has 0 radical (unpaired) electrons. The van der Waals surface area contributed by atoms with Gasteiger partial charge >= 0.3 is 0 Å². The zero-order valence-corrected chi connectivity index (χ0v) is 18.4. The van der Waals surface area contributed by atoms with Crippen LogP contribution in [0.2, 0.25) is 0 Å². The number of hydrogen-bond donors (Lipinski definition) is 1. The molecule has 7 nitrogen and oxygen atoms in total. The van der Waals surface area contributed by atoms with E-state index in [0.717, 1.165) is 63.3 Å². The van der Waals surface area contributed by atoms with Crippen molar-refractivity contribution >= 4 is 0 Å². The largest absolute Gasteiger partial charge is 0.360 e. The van der Waals surface area contributed by atoms with Gasteiger partial charge in [0, 0.05) is 23.2 Å². The SMILES string of the molecule is CNCc1cccc(-c2ccc3c(c2)-c2nnc(-c4c(-c5ccccc5)noc4C)n2C3)n1. The van der Waals surface area contributed by atoms with Crippen molar-refractivity contribution in [2.75, 3.05) is 7.05 Å². The van der Waals surface area contributed by atoms with E-state index in [1.807, 2.05) is 62.5 Å². The molecule has 162 valence electrons. The molecular formula is C26H22N6O. The fraction of sp³-hybridized carbons (Fsp3) is 0.154. The molecule has 1 aliphatic heterocycles. The van der Waals surface area contributed by atoms with Crippen molar-refractivity contribution < 1.29 is 4.52 Å². The summed E-state index contributed by atoms with van der Waals surface area (Å²) in [5.74, 6) is 2.36. The summed E-state index contributed by atoms with van der Waals surface area (Å²) >= 11 is 0. The van der Waals surface area contributed by atoms with E-state index in [0.29, 0.717) is 6.54 Å². The number of fused-ring (bicyclic) bond motifs is 3. The van der Waals surface area contributed by atoms with E-state index in [1.54, 1.807) is 0 Å². The summed E-state index contributed by atoms with van der Waals surface area (Å²) in [5, 5.41) is 16.6. The minimum Gasteiger partial charge on any atom is -0.360 e. The van der Waals surface area contributed by atoms with Crippen molar-refractivity contribution in [1.82, 2.24) is 30.2 Å². The van der Waals surface area contributed by atoms with E-state index in [9.17, 15) is 0 Å². The maximum absolute atomic E-state index is 5.57. The highest BCUT2D eigenvalue weighted by molar-refractivity contribution is 5.81. The van der Waals surface area contributed by atoms with Gasteiger partial charge in [-0.3, -0.25) is 4.98 Å². The molecule has 0 fully saturated rings. The second kappa shape index (κ2) is 7.79. The van der Waals surface area contributed by atoms with Crippen molar-refractivity contribution in [3.63, 3.8) is 0 Å². The lowest BCUT2D eigenvalue weighted by Crippen LogP contribution is -2.06. The van der Waals surface area contributed by atoms with Crippen molar-refractivity contribution in [2.24, 2.45) is 0 Å². The van der Waals surface area contributed by atoms with E-state index in [2.05, 4.69) is 43.4 Å². The maximum atomic E-state index is 5.57. The Balaban J connectivity index is 1.42. The summed E-state index contributed by atoms with van der Waals surface area (Å²) in [6.45, 7) is 3.36. The van der Waals surface area contributed by atoms with E-state index in [4.69, 9.17) is 9.51 Å². The highest BCUT2D eigenvalue weighted by atomic mass is 16.5. The quantitative estimate of drug-likeness (QED) is 0.423. The van der Waals surface area contributed by atoms with Crippen LogP contribution in [0.3, 0.4) is 0 Å². The van der Waals surface area contributed by atoms with E-state index < -0.39 is 0 Å². The van der Waals surface area contributed by atoms with Gasteiger partial charge in [-0.15, -0.1) is 10.2 Å². The molecule has 0 saturated carbocycles. The summed E-state index contributed by atoms with van der Waals surface area (Å²) in [5.41, 5.74) is 7.99. The Hall–Kier alpha value is -4.10. The first kappa shape index (κ1) is 19.6. The lowest BCUT2D eigenvalue weighted by molar-refractivity contribution is 0.400. The van der Waals surface area contributed by atoms with Crippen LogP contribution in [-0.2, 0) is 13.1 Å². The lowest BCUT2D eigenvalue weighted by Gasteiger charge is -2.06. The summed E-state index contributed by atoms with van der Waals surface area (Å²) < 4.78 is 7.72. The molecule has 3 aromatic heterocycles. The third-order valence-electron chi connectivity index (χ3n) is 6.02. The summed E-state index contributed by atoms with van der Waals surface area (Å²) in [6, 6.07) is 22.6. The highest BCUT2D eigenvalue weighted by Crippen LogP contribution is 2.40. The zero-order valence-electron chi connectivity index (χ0n) is 18.4. The minimum absolute atomic E-state index is 0.708. The molecule has 0 spiro atoms. The predicted octanol–water partition coefficient (Wildman–Crippen LogP) is 4.72. The van der Waals surface area contributed by atoms with E-state index in [-0.39, 0.29) is 0 Å². The Morgan fingerprint density at radius 3 is 2.64 bits per heavy atom. The molecular weight excluding hydrogens is 412 g/mol. The molecule has 0 amide bonds. The van der Waals surface area contributed by atoms with Gasteiger partial charge in [-0.1, -0.05) is 53.7 Å². The number of benzene rings is 2. The monoisotopic (exact) mass is 434 g/mol. The van der Waals surface area contributed by atoms with Crippen molar-refractivity contribution in [3.8, 4) is 45.3 Å². The van der Waals surface area contributed by atoms with E-state index >= 15 is 0 Å². The number of hydrogen-bond acceptors (Lipinski definition) is 6. The van der Waals surface area contributed by atoms with Crippen LogP contribution in [0.25, 0.3) is 45.3 Å². The molecule has 0 bridgehead atoms. The zero-order chi connectivity index (χ0) is 22.4. The molecule has 0 aliphatic carbocycles. The van der Waals surface area contributed by atoms with Gasteiger partial charge in [0.1, 0.15) is 11.5 Å². The van der Waals surface area contributed by atoms with Gasteiger partial charge in [0.05, 0.1) is 23.5 Å². The molecule has 5 aromatic rings. The second-order valence-electron chi connectivity index (χ2n) is 8.18. The number of aromatic nitrogens is 5. The van der Waals surface area contributed by atoms with Crippen LogP contribution in [0.15, 0.2) is 71.3 Å². The Morgan fingerprint density at radius 1 is 0.939 bits per heavy atom. The second-order valence-corrected chi connectivity index (χ2v) is 8.18. The van der Waals surface area contributed by atoms with E-state index in [1.165, 1.54) is 5.56 Å². The Morgan fingerprint density at radius 2 is 1.79 bits per heavy atom. The standard InChI is InChI=1S/C26H22N6O/c1-16-23(24(31-33-16)17-7-4-3-5-8-17)26-30-29-25-21-13-18(11-12-19(21)15-32(25)26)22-10-6-9-20(28-22)14-27-2/h3-13,27H,14-15H2,1-2H3. The van der Waals surface area contributed by atoms with Crippen molar-refractivity contribution in [3.05, 3.63) is 83.7 Å². The average molecular weight is 435 g/mol. The van der Waals surface area contributed by atoms with Gasteiger partial charge in [-0.2, -0.15) is 0 Å². The van der Waals surface area contributed by atoms with Gasteiger partial charge in [-0.25, -0.2) is 0 Å². The van der Waals surface area contributed by atoms with Crippen molar-refractivity contribution in [2.45, 2.75) is 20.0 Å². The fourth-order valence-electron chi connectivity index (χ4n) is 4.44. The first-order valence-corrected chi connectivity index (χ1v) is 10.9. The predicted molar refractivity (Wildman–Crippen MR) is 126 cm³/mol. The molecule has 4 heterocycles. The van der Waals surface area contributed by atoms with Gasteiger partial charge in [0.2, 0.25) is 0 Å². The molecule has 2 aromatic carbocycles. The molecule has 1 aliphatic rings. The van der Waals surface area contributed by atoms with Gasteiger partial charge < -0.3 is 14.4 Å². The number of aryl methyl sites for hydroxylation is 1. The summed E-state index contributed by atoms with van der Waals surface area (Å²) in [6.07, 6.45) is 0. The fourth-order valence-corrected chi connectivity index (χ4v) is 4.44. The van der Waals surface area contributed by atoms with Crippen LogP contribution >= 0.6 is 0 Å². The number of rotatable bonds is 5. The van der Waals surface area contributed by atoms with Gasteiger partial charge in [0.15, 0.2) is 11.6 Å². The molecule has 0 atom stereocenters. The maximum Gasteiger partial charge on any atom is 0.170 e. The van der Waals surface area contributed by atoms with Gasteiger partial charge in [-0.05, 0) is 37.7 Å². The number of nitrogens with one attached hydrogen (secondary N) is 1. The van der Waals surface area contributed by atoms with Crippen molar-refractivity contribution in [1.29, 1.82) is 0 Å². The molecule has 6 rings (SSSR count). The number of nitrogens with zero attached hydrogens (tertiary/aromatic N) is 5. The Bertz CT molecular complexity index is 1470. The lowest BCUT2D eigenvalue weighted by atomic mass is 10.0. The summed E-state index contributed by atoms with van der Waals surface area (Å²) in [7, 11) is 1.93. The third-order valence-corrected chi connectivity index (χ3v) is 6.02. The normalized spacial score (nSPS) is 12.1. The molecule has 0 unspecified atom stereocenters. The first-order chi connectivity index (χ1) is 16.2. The van der Waals surface area contributed by atoms with Gasteiger partial charge in [0.25, 0.3) is 0 Å². The molecule has 0 saturated heterocycles. The van der Waals surface area contributed by atoms with Crippen LogP contribution in [0.5, 0.6) is 0 Å². The smallest absolute Gasteiger partial charge is 0.170 e. The molecule has 33 heavy (non-hydrogen) atoms. The Kier molecular flexibility index (Phi) is 4.62. The minimum atomic E-state index is 0.708. The topological polar surface area (TPSA) is 81.7 Å². The van der Waals surface area contributed by atoms with Crippen LogP contribution in [-0.4, -0.2) is 32.0 Å². The van der Waals surface area contributed by atoms with Crippen LogP contribution in [0.4, 0.5) is 0 Å². The summed E-state index contributed by atoms with van der Waals surface area (Å²) in [4.78, 5) is 4.79. The first-order valence-electron chi connectivity index (χ1n) is 10.9. The highest BCUT2D eigenvalue weighted by Gasteiger charge is 2.29.